The maximum absolute atomic E-state index is 6.05. The van der Waals surface area contributed by atoms with E-state index in [1.54, 1.807) is 0 Å². The van der Waals surface area contributed by atoms with Crippen LogP contribution in [0.15, 0.2) is 42.5 Å². The fourth-order valence-electron chi connectivity index (χ4n) is 1.67. The highest BCUT2D eigenvalue weighted by atomic mass is 35.5. The van der Waals surface area contributed by atoms with E-state index in [-0.39, 0.29) is 0 Å². The quantitative estimate of drug-likeness (QED) is 0.801. The van der Waals surface area contributed by atoms with Gasteiger partial charge in [0, 0.05) is 6.54 Å². The van der Waals surface area contributed by atoms with Gasteiger partial charge >= 0.3 is 0 Å². The first-order valence-electron chi connectivity index (χ1n) is 6.04. The minimum Gasteiger partial charge on any atom is -0.490 e. The van der Waals surface area contributed by atoms with Crippen LogP contribution in [0.1, 0.15) is 5.56 Å². The molecule has 0 aliphatic carbocycles. The summed E-state index contributed by atoms with van der Waals surface area (Å²) in [5, 5.41) is 4.55. The predicted molar refractivity (Wildman–Crippen MR) is 81.6 cm³/mol. The molecule has 2 rings (SSSR count). The van der Waals surface area contributed by atoms with Gasteiger partial charge in [-0.3, -0.25) is 0 Å². The summed E-state index contributed by atoms with van der Waals surface area (Å²) in [5.74, 6) is 0.711. The molecule has 2 nitrogen and oxygen atoms in total. The first kappa shape index (κ1) is 14.0. The topological polar surface area (TPSA) is 21.3 Å². The van der Waals surface area contributed by atoms with Crippen molar-refractivity contribution >= 4 is 28.9 Å². The molecule has 0 bridgehead atoms. The number of hydrogen-bond donors (Lipinski definition) is 1. The van der Waals surface area contributed by atoms with Gasteiger partial charge in [-0.1, -0.05) is 41.4 Å². The van der Waals surface area contributed by atoms with Crippen molar-refractivity contribution in [3.05, 3.63) is 58.1 Å². The molecule has 1 N–H and O–H groups in total. The molecule has 0 saturated carbocycles. The largest absolute Gasteiger partial charge is 0.490 e. The Bertz CT molecular complexity index is 558. The van der Waals surface area contributed by atoms with Gasteiger partial charge in [0.1, 0.15) is 12.4 Å². The highest BCUT2D eigenvalue weighted by Crippen LogP contribution is 2.25. The van der Waals surface area contributed by atoms with E-state index >= 15 is 0 Å². The van der Waals surface area contributed by atoms with Gasteiger partial charge in [-0.15, -0.1) is 0 Å². The molecular weight excluding hydrogens is 281 g/mol. The molecule has 0 saturated heterocycles. The Kier molecular flexibility index (Phi) is 4.94. The summed E-state index contributed by atoms with van der Waals surface area (Å²) in [7, 11) is 0. The molecule has 19 heavy (non-hydrogen) atoms. The van der Waals surface area contributed by atoms with Crippen molar-refractivity contribution in [3.63, 3.8) is 0 Å². The molecule has 2 aromatic carbocycles. The number of benzene rings is 2. The highest BCUT2D eigenvalue weighted by Gasteiger charge is 2.02. The van der Waals surface area contributed by atoms with Crippen molar-refractivity contribution < 1.29 is 4.74 Å². The summed E-state index contributed by atoms with van der Waals surface area (Å²) in [6, 6.07) is 13.3. The van der Waals surface area contributed by atoms with Crippen LogP contribution in [0.3, 0.4) is 0 Å². The zero-order chi connectivity index (χ0) is 13.7. The van der Waals surface area contributed by atoms with Crippen molar-refractivity contribution in [3.8, 4) is 5.75 Å². The number of anilines is 1. The maximum Gasteiger partial charge on any atom is 0.138 e. The second-order valence-corrected chi connectivity index (χ2v) is 5.00. The highest BCUT2D eigenvalue weighted by molar-refractivity contribution is 6.33. The van der Waals surface area contributed by atoms with Crippen LogP contribution in [-0.4, -0.2) is 13.2 Å². The zero-order valence-electron chi connectivity index (χ0n) is 10.6. The van der Waals surface area contributed by atoms with Gasteiger partial charge in [0.25, 0.3) is 0 Å². The minimum atomic E-state index is 0.522. The Labute approximate surface area is 123 Å². The minimum absolute atomic E-state index is 0.522. The molecule has 0 spiro atoms. The van der Waals surface area contributed by atoms with Crippen molar-refractivity contribution in [2.45, 2.75) is 6.92 Å². The molecule has 0 aliphatic rings. The standard InChI is InChI=1S/C15H15Cl2NO/c1-11-6-7-13(17)15(10-11)19-9-8-18-14-5-3-2-4-12(14)16/h2-7,10,18H,8-9H2,1H3. The number of ether oxygens (including phenoxy) is 1. The zero-order valence-corrected chi connectivity index (χ0v) is 12.1. The average molecular weight is 296 g/mol. The average Bonchev–Trinajstić information content (AvgIpc) is 2.40. The van der Waals surface area contributed by atoms with Gasteiger partial charge in [0.2, 0.25) is 0 Å². The summed E-state index contributed by atoms with van der Waals surface area (Å²) in [5.41, 5.74) is 2.03. The Balaban J connectivity index is 1.84. The van der Waals surface area contributed by atoms with E-state index in [9.17, 15) is 0 Å². The third-order valence-corrected chi connectivity index (χ3v) is 3.28. The number of hydrogen-bond acceptors (Lipinski definition) is 2. The fraction of sp³-hybridized carbons (Fsp3) is 0.200. The van der Waals surface area contributed by atoms with Crippen LogP contribution in [0.2, 0.25) is 10.0 Å². The molecule has 0 amide bonds. The maximum atomic E-state index is 6.05. The Hall–Kier alpha value is -1.38. The van der Waals surface area contributed by atoms with Crippen molar-refractivity contribution in [2.24, 2.45) is 0 Å². The molecule has 0 aromatic heterocycles. The molecule has 0 fully saturated rings. The van der Waals surface area contributed by atoms with E-state index < -0.39 is 0 Å². The Morgan fingerprint density at radius 2 is 1.84 bits per heavy atom. The van der Waals surface area contributed by atoms with Gasteiger partial charge in [-0.2, -0.15) is 0 Å². The summed E-state index contributed by atoms with van der Waals surface area (Å²) < 4.78 is 5.64. The van der Waals surface area contributed by atoms with E-state index in [2.05, 4.69) is 5.32 Å². The Morgan fingerprint density at radius 3 is 2.63 bits per heavy atom. The Morgan fingerprint density at radius 1 is 1.05 bits per heavy atom. The molecule has 0 unspecified atom stereocenters. The normalized spacial score (nSPS) is 10.3. The van der Waals surface area contributed by atoms with Gasteiger partial charge in [-0.25, -0.2) is 0 Å². The number of halogens is 2. The SMILES string of the molecule is Cc1ccc(Cl)c(OCCNc2ccccc2Cl)c1. The third-order valence-electron chi connectivity index (χ3n) is 2.64. The molecule has 4 heteroatoms. The van der Waals surface area contributed by atoms with E-state index in [4.69, 9.17) is 27.9 Å². The van der Waals surface area contributed by atoms with Crippen LogP contribution in [0.4, 0.5) is 5.69 Å². The molecule has 100 valence electrons. The summed E-state index contributed by atoms with van der Waals surface area (Å²) in [6.45, 7) is 3.19. The van der Waals surface area contributed by atoms with Crippen LogP contribution in [-0.2, 0) is 0 Å². The lowest BCUT2D eigenvalue weighted by atomic mass is 10.2. The molecule has 0 radical (unpaired) electrons. The lowest BCUT2D eigenvalue weighted by molar-refractivity contribution is 0.333. The number of rotatable bonds is 5. The van der Waals surface area contributed by atoms with Gasteiger partial charge in [-0.05, 0) is 36.8 Å². The van der Waals surface area contributed by atoms with Crippen LogP contribution in [0.25, 0.3) is 0 Å². The van der Waals surface area contributed by atoms with Crippen LogP contribution in [0.5, 0.6) is 5.75 Å². The van der Waals surface area contributed by atoms with Crippen LogP contribution in [0, 0.1) is 6.92 Å². The second-order valence-electron chi connectivity index (χ2n) is 4.19. The van der Waals surface area contributed by atoms with Crippen LogP contribution >= 0.6 is 23.2 Å². The van der Waals surface area contributed by atoms with E-state index in [1.807, 2.05) is 49.4 Å². The van der Waals surface area contributed by atoms with Crippen molar-refractivity contribution in [2.75, 3.05) is 18.5 Å². The number of nitrogens with one attached hydrogen (secondary N) is 1. The third kappa shape index (κ3) is 4.05. The molecular formula is C15H15Cl2NO. The first-order chi connectivity index (χ1) is 9.16. The molecule has 0 aliphatic heterocycles. The van der Waals surface area contributed by atoms with Gasteiger partial charge in [0.15, 0.2) is 0 Å². The number of para-hydroxylation sites is 1. The predicted octanol–water partition coefficient (Wildman–Crippen LogP) is 4.79. The lowest BCUT2D eigenvalue weighted by Crippen LogP contribution is -2.11. The fourth-order valence-corrected chi connectivity index (χ4v) is 2.05. The van der Waals surface area contributed by atoms with Gasteiger partial charge in [0.05, 0.1) is 15.7 Å². The number of aryl methyl sites for hydroxylation is 1. The van der Waals surface area contributed by atoms with E-state index in [0.717, 1.165) is 11.3 Å². The monoisotopic (exact) mass is 295 g/mol. The summed E-state index contributed by atoms with van der Waals surface area (Å²) >= 11 is 12.1. The summed E-state index contributed by atoms with van der Waals surface area (Å²) in [4.78, 5) is 0. The lowest BCUT2D eigenvalue weighted by Gasteiger charge is -2.11. The van der Waals surface area contributed by atoms with Crippen molar-refractivity contribution in [1.29, 1.82) is 0 Å². The summed E-state index contributed by atoms with van der Waals surface area (Å²) in [6.07, 6.45) is 0. The molecule has 0 atom stereocenters. The first-order valence-corrected chi connectivity index (χ1v) is 6.80. The van der Waals surface area contributed by atoms with Crippen LogP contribution < -0.4 is 10.1 Å². The molecule has 2 aromatic rings. The van der Waals surface area contributed by atoms with E-state index in [0.29, 0.717) is 28.9 Å². The van der Waals surface area contributed by atoms with Crippen molar-refractivity contribution in [1.82, 2.24) is 0 Å². The second kappa shape index (κ2) is 6.69. The molecule has 0 heterocycles. The smallest absolute Gasteiger partial charge is 0.138 e. The van der Waals surface area contributed by atoms with E-state index in [1.165, 1.54) is 0 Å². The van der Waals surface area contributed by atoms with Gasteiger partial charge < -0.3 is 10.1 Å².